The fourth-order valence-electron chi connectivity index (χ4n) is 5.91. The molecule has 6 aromatic carbocycles. The molecule has 0 aliphatic heterocycles. The average Bonchev–Trinajstić information content (AvgIpc) is 3.39. The number of nitrogens with zero attached hydrogens (tertiary/aromatic N) is 2. The number of para-hydroxylation sites is 1. The number of aromatic nitrogens is 2. The van der Waals surface area contributed by atoms with Crippen molar-refractivity contribution in [1.29, 1.82) is 0 Å². The Labute approximate surface area is 225 Å². The predicted molar refractivity (Wildman–Crippen MR) is 161 cm³/mol. The van der Waals surface area contributed by atoms with E-state index >= 15 is 0 Å². The highest BCUT2D eigenvalue weighted by Gasteiger charge is 2.20. The number of rotatable bonds is 3. The average molecular weight is 499 g/mol. The second-order valence-electron chi connectivity index (χ2n) is 9.78. The molecule has 0 amide bonds. The first kappa shape index (κ1) is 21.8. The maximum atomic E-state index is 6.46. The van der Waals surface area contributed by atoms with Gasteiger partial charge in [-0.3, -0.25) is 0 Å². The van der Waals surface area contributed by atoms with Gasteiger partial charge >= 0.3 is 0 Å². The second-order valence-corrected chi connectivity index (χ2v) is 9.78. The first-order chi connectivity index (χ1) is 19.4. The molecule has 0 atom stereocenters. The Morgan fingerprint density at radius 2 is 1.00 bits per heavy atom. The van der Waals surface area contributed by atoms with Crippen LogP contribution in [0.2, 0.25) is 0 Å². The van der Waals surface area contributed by atoms with Crippen molar-refractivity contribution in [2.75, 3.05) is 0 Å². The summed E-state index contributed by atoms with van der Waals surface area (Å²) in [5, 5.41) is 6.85. The third kappa shape index (κ3) is 3.37. The molecule has 0 aliphatic carbocycles. The Hall–Kier alpha value is -5.28. The van der Waals surface area contributed by atoms with Crippen molar-refractivity contribution >= 4 is 43.5 Å². The van der Waals surface area contributed by atoms with Gasteiger partial charge in [0.1, 0.15) is 11.2 Å². The van der Waals surface area contributed by atoms with Crippen LogP contribution in [-0.2, 0) is 0 Å². The molecule has 3 heteroatoms. The van der Waals surface area contributed by atoms with Crippen LogP contribution in [0.25, 0.3) is 77.1 Å². The van der Waals surface area contributed by atoms with Crippen LogP contribution < -0.4 is 0 Å². The number of benzene rings is 6. The number of furan rings is 1. The highest BCUT2D eigenvalue weighted by molar-refractivity contribution is 6.22. The molecule has 2 aromatic heterocycles. The van der Waals surface area contributed by atoms with Gasteiger partial charge in [-0.25, -0.2) is 9.97 Å². The molecular weight excluding hydrogens is 476 g/mol. The fraction of sp³-hybridized carbons (Fsp3) is 0. The van der Waals surface area contributed by atoms with Gasteiger partial charge in [0.05, 0.1) is 0 Å². The Bertz CT molecular complexity index is 2110. The lowest BCUT2D eigenvalue weighted by molar-refractivity contribution is 0.670. The van der Waals surface area contributed by atoms with Crippen LogP contribution >= 0.6 is 0 Å². The summed E-state index contributed by atoms with van der Waals surface area (Å²) < 4.78 is 6.46. The molecule has 0 unspecified atom stereocenters. The van der Waals surface area contributed by atoms with Gasteiger partial charge in [0.2, 0.25) is 0 Å². The van der Waals surface area contributed by atoms with Crippen molar-refractivity contribution in [3.63, 3.8) is 0 Å². The van der Waals surface area contributed by atoms with Gasteiger partial charge in [-0.2, -0.15) is 0 Å². The third-order valence-electron chi connectivity index (χ3n) is 7.57. The molecule has 8 aromatic rings. The van der Waals surface area contributed by atoms with E-state index in [1.54, 1.807) is 0 Å². The number of fused-ring (bicyclic) bond motifs is 5. The molecule has 39 heavy (non-hydrogen) atoms. The molecule has 0 saturated carbocycles. The van der Waals surface area contributed by atoms with Crippen LogP contribution in [0.4, 0.5) is 0 Å². The van der Waals surface area contributed by atoms with Gasteiger partial charge in [0.15, 0.2) is 5.82 Å². The van der Waals surface area contributed by atoms with Crippen molar-refractivity contribution in [3.05, 3.63) is 134 Å². The maximum absolute atomic E-state index is 6.46. The SMILES string of the molecule is c1ccc(-c2cc(-c3c4ccccc4c(-c4ncccn4)c4ccccc34)cc3c2oc2ccccc23)cc1. The highest BCUT2D eigenvalue weighted by atomic mass is 16.3. The monoisotopic (exact) mass is 498 g/mol. The summed E-state index contributed by atoms with van der Waals surface area (Å²) in [6.45, 7) is 0. The van der Waals surface area contributed by atoms with E-state index in [9.17, 15) is 0 Å². The van der Waals surface area contributed by atoms with E-state index in [1.165, 1.54) is 16.3 Å². The lowest BCUT2D eigenvalue weighted by Crippen LogP contribution is -1.94. The van der Waals surface area contributed by atoms with Crippen molar-refractivity contribution in [2.45, 2.75) is 0 Å². The lowest BCUT2D eigenvalue weighted by Gasteiger charge is -2.17. The van der Waals surface area contributed by atoms with Crippen LogP contribution in [0.1, 0.15) is 0 Å². The van der Waals surface area contributed by atoms with E-state index in [4.69, 9.17) is 4.42 Å². The van der Waals surface area contributed by atoms with Crippen LogP contribution in [0.15, 0.2) is 138 Å². The second kappa shape index (κ2) is 8.64. The molecule has 182 valence electrons. The van der Waals surface area contributed by atoms with Gasteiger partial charge in [0, 0.05) is 34.3 Å². The van der Waals surface area contributed by atoms with Gasteiger partial charge in [-0.1, -0.05) is 97.1 Å². The smallest absolute Gasteiger partial charge is 0.160 e. The molecule has 0 saturated heterocycles. The Balaban J connectivity index is 1.55. The predicted octanol–water partition coefficient (Wildman–Crippen LogP) is 9.68. The Morgan fingerprint density at radius 3 is 1.67 bits per heavy atom. The zero-order valence-electron chi connectivity index (χ0n) is 21.0. The summed E-state index contributed by atoms with van der Waals surface area (Å²) in [5.74, 6) is 0.734. The minimum absolute atomic E-state index is 0.734. The Kier molecular flexibility index (Phi) is 4.82. The van der Waals surface area contributed by atoms with Crippen molar-refractivity contribution in [2.24, 2.45) is 0 Å². The van der Waals surface area contributed by atoms with Gasteiger partial charge in [-0.15, -0.1) is 0 Å². The van der Waals surface area contributed by atoms with E-state index in [2.05, 4.69) is 113 Å². The zero-order valence-corrected chi connectivity index (χ0v) is 21.0. The standard InChI is InChI=1S/C36H22N2O/c1-2-11-23(12-3-1)30-21-24(22-31-25-13-8-9-18-32(25)39-35(30)31)33-26-14-4-6-16-28(26)34(36-37-19-10-20-38-36)29-17-7-5-15-27(29)33/h1-22H. The summed E-state index contributed by atoms with van der Waals surface area (Å²) in [6.07, 6.45) is 3.62. The van der Waals surface area contributed by atoms with E-state index in [0.29, 0.717) is 0 Å². The molecular formula is C36H22N2O. The Morgan fingerprint density at radius 1 is 0.436 bits per heavy atom. The summed E-state index contributed by atoms with van der Waals surface area (Å²) in [4.78, 5) is 9.30. The molecule has 8 rings (SSSR count). The normalized spacial score (nSPS) is 11.6. The largest absolute Gasteiger partial charge is 0.455 e. The molecule has 0 aliphatic rings. The van der Waals surface area contributed by atoms with E-state index < -0.39 is 0 Å². The van der Waals surface area contributed by atoms with Gasteiger partial charge in [-0.05, 0) is 62.5 Å². The van der Waals surface area contributed by atoms with Crippen molar-refractivity contribution < 1.29 is 4.42 Å². The van der Waals surface area contributed by atoms with Crippen LogP contribution in [0, 0.1) is 0 Å². The quantitative estimate of drug-likeness (QED) is 0.228. The highest BCUT2D eigenvalue weighted by Crippen LogP contribution is 2.46. The third-order valence-corrected chi connectivity index (χ3v) is 7.57. The van der Waals surface area contributed by atoms with Gasteiger partial charge < -0.3 is 4.42 Å². The molecule has 2 heterocycles. The van der Waals surface area contributed by atoms with Crippen LogP contribution in [0.3, 0.4) is 0 Å². The number of hydrogen-bond acceptors (Lipinski definition) is 3. The van der Waals surface area contributed by atoms with Crippen LogP contribution in [0.5, 0.6) is 0 Å². The molecule has 3 nitrogen and oxygen atoms in total. The first-order valence-electron chi connectivity index (χ1n) is 13.1. The van der Waals surface area contributed by atoms with E-state index in [0.717, 1.165) is 60.8 Å². The minimum Gasteiger partial charge on any atom is -0.455 e. The van der Waals surface area contributed by atoms with E-state index in [-0.39, 0.29) is 0 Å². The minimum atomic E-state index is 0.734. The van der Waals surface area contributed by atoms with E-state index in [1.807, 2.05) is 30.6 Å². The maximum Gasteiger partial charge on any atom is 0.160 e. The summed E-state index contributed by atoms with van der Waals surface area (Å²) in [7, 11) is 0. The molecule has 0 N–H and O–H groups in total. The molecule has 0 bridgehead atoms. The number of hydrogen-bond donors (Lipinski definition) is 0. The first-order valence-corrected chi connectivity index (χ1v) is 13.1. The molecule has 0 spiro atoms. The molecule has 0 fully saturated rings. The van der Waals surface area contributed by atoms with Crippen LogP contribution in [-0.4, -0.2) is 9.97 Å². The zero-order chi connectivity index (χ0) is 25.8. The summed E-state index contributed by atoms with van der Waals surface area (Å²) in [5.41, 5.74) is 7.44. The topological polar surface area (TPSA) is 38.9 Å². The summed E-state index contributed by atoms with van der Waals surface area (Å²) >= 11 is 0. The summed E-state index contributed by atoms with van der Waals surface area (Å²) in [6, 6.07) is 42.4. The molecule has 0 radical (unpaired) electrons. The van der Waals surface area contributed by atoms with Gasteiger partial charge in [0.25, 0.3) is 0 Å². The fourth-order valence-corrected chi connectivity index (χ4v) is 5.91. The van der Waals surface area contributed by atoms with Crippen molar-refractivity contribution in [3.8, 4) is 33.6 Å². The lowest BCUT2D eigenvalue weighted by atomic mass is 9.86. The van der Waals surface area contributed by atoms with Crippen molar-refractivity contribution in [1.82, 2.24) is 9.97 Å².